The number of carbonyl (C=O) groups is 1. The highest BCUT2D eigenvalue weighted by molar-refractivity contribution is 5.96. The van der Waals surface area contributed by atoms with Crippen LogP contribution in [0, 0.1) is 0 Å². The number of ketones is 1. The third-order valence-electron chi connectivity index (χ3n) is 5.64. The van der Waals surface area contributed by atoms with Crippen LogP contribution in [-0.2, 0) is 19.4 Å². The van der Waals surface area contributed by atoms with Crippen LogP contribution in [0.15, 0.2) is 48.5 Å². The summed E-state index contributed by atoms with van der Waals surface area (Å²) in [4.78, 5) is 17.3. The average Bonchev–Trinajstić information content (AvgIpc) is 3.43. The highest BCUT2D eigenvalue weighted by Crippen LogP contribution is 2.30. The Kier molecular flexibility index (Phi) is 4.71. The Bertz CT molecular complexity index is 1190. The summed E-state index contributed by atoms with van der Waals surface area (Å²) in [5.41, 5.74) is 5.98. The zero-order valence-corrected chi connectivity index (χ0v) is 16.8. The minimum absolute atomic E-state index is 0.217. The van der Waals surface area contributed by atoms with Crippen molar-refractivity contribution in [3.8, 4) is 22.5 Å². The summed E-state index contributed by atoms with van der Waals surface area (Å²) in [6, 6.07) is 16.4. The lowest BCUT2D eigenvalue weighted by Crippen LogP contribution is -2.17. The molecule has 0 radical (unpaired) electrons. The van der Waals surface area contributed by atoms with Crippen molar-refractivity contribution in [3.63, 3.8) is 0 Å². The van der Waals surface area contributed by atoms with Gasteiger partial charge in [-0.05, 0) is 34.7 Å². The molecule has 150 valence electrons. The lowest BCUT2D eigenvalue weighted by atomic mass is 9.98. The molecule has 0 atom stereocenters. The van der Waals surface area contributed by atoms with Gasteiger partial charge in [-0.2, -0.15) is 5.21 Å². The number of aryl methyl sites for hydroxylation is 2. The molecule has 0 spiro atoms. The van der Waals surface area contributed by atoms with Gasteiger partial charge in [0.05, 0.1) is 5.69 Å². The minimum Gasteiger partial charge on any atom is -0.321 e. The van der Waals surface area contributed by atoms with Gasteiger partial charge in [0, 0.05) is 24.9 Å². The van der Waals surface area contributed by atoms with Crippen LogP contribution in [-0.4, -0.2) is 36.0 Å². The number of rotatable bonds is 5. The molecule has 4 aromatic rings. The Labute approximate surface area is 174 Å². The summed E-state index contributed by atoms with van der Waals surface area (Å²) in [6.07, 6.45) is 3.23. The lowest BCUT2D eigenvalue weighted by Gasteiger charge is -2.15. The van der Waals surface area contributed by atoms with E-state index in [0.29, 0.717) is 18.8 Å². The first-order valence-corrected chi connectivity index (χ1v) is 10.3. The van der Waals surface area contributed by atoms with Crippen LogP contribution in [0.5, 0.6) is 0 Å². The van der Waals surface area contributed by atoms with Gasteiger partial charge in [-0.1, -0.05) is 55.5 Å². The van der Waals surface area contributed by atoms with Gasteiger partial charge in [0.15, 0.2) is 5.78 Å². The topological polar surface area (TPSA) is 89.3 Å². The summed E-state index contributed by atoms with van der Waals surface area (Å²) < 4.78 is 2.11. The van der Waals surface area contributed by atoms with Gasteiger partial charge < -0.3 is 4.57 Å². The summed E-state index contributed by atoms with van der Waals surface area (Å²) in [5.74, 6) is 1.78. The Morgan fingerprint density at radius 1 is 1.03 bits per heavy atom. The van der Waals surface area contributed by atoms with Crippen molar-refractivity contribution in [2.24, 2.45) is 0 Å². The molecule has 5 rings (SSSR count). The maximum absolute atomic E-state index is 12.5. The Morgan fingerprint density at radius 2 is 1.83 bits per heavy atom. The number of imidazole rings is 1. The van der Waals surface area contributed by atoms with E-state index >= 15 is 0 Å². The second-order valence-electron chi connectivity index (χ2n) is 7.52. The molecule has 2 heterocycles. The largest absolute Gasteiger partial charge is 0.321 e. The number of aromatic nitrogens is 6. The maximum Gasteiger partial charge on any atom is 0.205 e. The minimum atomic E-state index is 0.217. The number of hydrogen-bond acceptors (Lipinski definition) is 5. The smallest absolute Gasteiger partial charge is 0.205 e. The Morgan fingerprint density at radius 3 is 2.57 bits per heavy atom. The second-order valence-corrected chi connectivity index (χ2v) is 7.52. The van der Waals surface area contributed by atoms with Crippen molar-refractivity contribution in [3.05, 3.63) is 71.3 Å². The molecular weight excluding hydrogens is 376 g/mol. The molecule has 0 fully saturated rings. The van der Waals surface area contributed by atoms with Crippen molar-refractivity contribution in [1.82, 2.24) is 30.2 Å². The zero-order chi connectivity index (χ0) is 20.5. The highest BCUT2D eigenvalue weighted by atomic mass is 16.1. The van der Waals surface area contributed by atoms with E-state index in [-0.39, 0.29) is 5.78 Å². The number of fused-ring (bicyclic) bond motifs is 1. The number of hydrogen-bond donors (Lipinski definition) is 1. The molecule has 0 bridgehead atoms. The van der Waals surface area contributed by atoms with Gasteiger partial charge in [-0.15, -0.1) is 10.2 Å². The van der Waals surface area contributed by atoms with Crippen molar-refractivity contribution in [2.75, 3.05) is 0 Å². The third-order valence-corrected chi connectivity index (χ3v) is 5.64. The SMILES string of the molecule is CCc1nc2c(n1Cc1ccc(-c3ccccc3-c3nn[nH]n3)cc1)C(=O)CCC2. The van der Waals surface area contributed by atoms with Crippen molar-refractivity contribution < 1.29 is 4.79 Å². The van der Waals surface area contributed by atoms with Crippen molar-refractivity contribution in [2.45, 2.75) is 39.2 Å². The van der Waals surface area contributed by atoms with E-state index in [1.807, 2.05) is 18.2 Å². The number of nitrogens with zero attached hydrogens (tertiary/aromatic N) is 5. The summed E-state index contributed by atoms with van der Waals surface area (Å²) in [6.45, 7) is 2.75. The molecule has 0 saturated carbocycles. The molecular formula is C23H22N6O. The molecule has 1 N–H and O–H groups in total. The summed E-state index contributed by atoms with van der Waals surface area (Å²) >= 11 is 0. The number of Topliss-reactive ketones (excluding diaryl/α,β-unsaturated/α-hetero) is 1. The van der Waals surface area contributed by atoms with E-state index in [4.69, 9.17) is 4.98 Å². The standard InChI is InChI=1S/C23H22N6O/c1-2-21-24-19-8-5-9-20(30)22(19)29(21)14-15-10-12-16(13-11-15)17-6-3-4-7-18(17)23-25-27-28-26-23/h3-4,6-7,10-13H,2,5,8-9,14H2,1H3,(H,25,26,27,28). The monoisotopic (exact) mass is 398 g/mol. The first-order valence-electron chi connectivity index (χ1n) is 10.3. The summed E-state index contributed by atoms with van der Waals surface area (Å²) in [7, 11) is 0. The maximum atomic E-state index is 12.5. The van der Waals surface area contributed by atoms with Gasteiger partial charge in [-0.3, -0.25) is 4.79 Å². The Balaban J connectivity index is 1.47. The van der Waals surface area contributed by atoms with Gasteiger partial charge in [0.25, 0.3) is 0 Å². The average molecular weight is 398 g/mol. The molecule has 30 heavy (non-hydrogen) atoms. The van der Waals surface area contributed by atoms with Crippen molar-refractivity contribution >= 4 is 5.78 Å². The highest BCUT2D eigenvalue weighted by Gasteiger charge is 2.25. The van der Waals surface area contributed by atoms with E-state index in [2.05, 4.69) is 62.4 Å². The van der Waals surface area contributed by atoms with Gasteiger partial charge >= 0.3 is 0 Å². The first kappa shape index (κ1) is 18.4. The summed E-state index contributed by atoms with van der Waals surface area (Å²) in [5, 5.41) is 14.4. The number of tetrazole rings is 1. The van der Waals surface area contributed by atoms with Gasteiger partial charge in [-0.25, -0.2) is 4.98 Å². The van der Waals surface area contributed by atoms with E-state index in [1.54, 1.807) is 0 Å². The molecule has 2 aromatic carbocycles. The molecule has 2 aromatic heterocycles. The second kappa shape index (κ2) is 7.67. The van der Waals surface area contributed by atoms with Crippen LogP contribution in [0.2, 0.25) is 0 Å². The predicted octanol–water partition coefficient (Wildman–Crippen LogP) is 3.86. The van der Waals surface area contributed by atoms with Crippen LogP contribution < -0.4 is 0 Å². The third kappa shape index (κ3) is 3.22. The fraction of sp³-hybridized carbons (Fsp3) is 0.261. The molecule has 7 nitrogen and oxygen atoms in total. The zero-order valence-electron chi connectivity index (χ0n) is 16.8. The fourth-order valence-corrected chi connectivity index (χ4v) is 4.19. The quantitative estimate of drug-likeness (QED) is 0.551. The number of aromatic amines is 1. The normalized spacial score (nSPS) is 13.4. The predicted molar refractivity (Wildman–Crippen MR) is 113 cm³/mol. The van der Waals surface area contributed by atoms with Crippen LogP contribution in [0.3, 0.4) is 0 Å². The van der Waals surface area contributed by atoms with E-state index < -0.39 is 0 Å². The van der Waals surface area contributed by atoms with Crippen LogP contribution in [0.4, 0.5) is 0 Å². The van der Waals surface area contributed by atoms with Gasteiger partial charge in [0.2, 0.25) is 5.82 Å². The van der Waals surface area contributed by atoms with E-state index in [9.17, 15) is 4.79 Å². The number of carbonyl (C=O) groups excluding carboxylic acids is 1. The Hall–Kier alpha value is -3.61. The number of H-pyrrole nitrogens is 1. The van der Waals surface area contributed by atoms with Gasteiger partial charge in [0.1, 0.15) is 11.5 Å². The molecule has 0 aliphatic heterocycles. The van der Waals surface area contributed by atoms with Crippen molar-refractivity contribution in [1.29, 1.82) is 0 Å². The van der Waals surface area contributed by atoms with Crippen LogP contribution >= 0.6 is 0 Å². The lowest BCUT2D eigenvalue weighted by molar-refractivity contribution is 0.0963. The van der Waals surface area contributed by atoms with Crippen LogP contribution in [0.25, 0.3) is 22.5 Å². The molecule has 7 heteroatoms. The molecule has 1 aliphatic carbocycles. The molecule has 0 amide bonds. The molecule has 0 saturated heterocycles. The molecule has 1 aliphatic rings. The number of nitrogens with one attached hydrogen (secondary N) is 1. The fourth-order valence-electron chi connectivity index (χ4n) is 4.19. The van der Waals surface area contributed by atoms with E-state index in [0.717, 1.165) is 58.7 Å². The molecule has 0 unspecified atom stereocenters. The van der Waals surface area contributed by atoms with E-state index in [1.165, 1.54) is 0 Å². The number of benzene rings is 2. The van der Waals surface area contributed by atoms with Crippen LogP contribution in [0.1, 0.15) is 47.3 Å². The first-order chi connectivity index (χ1) is 14.7.